The van der Waals surface area contributed by atoms with Gasteiger partial charge >= 0.3 is 36.1 Å². The van der Waals surface area contributed by atoms with Crippen LogP contribution in [0.4, 0.5) is 14.4 Å². The van der Waals surface area contributed by atoms with E-state index in [0.29, 0.717) is 43.8 Å². The maximum atomic E-state index is 13.6. The van der Waals surface area contributed by atoms with E-state index in [9.17, 15) is 28.8 Å². The van der Waals surface area contributed by atoms with Gasteiger partial charge in [0.2, 0.25) is 0 Å². The Morgan fingerprint density at radius 3 is 1.49 bits per heavy atom. The van der Waals surface area contributed by atoms with Crippen molar-refractivity contribution in [2.24, 2.45) is 38.4 Å². The molecule has 0 saturated heterocycles. The highest BCUT2D eigenvalue weighted by Gasteiger charge is 2.43. The minimum Gasteiger partial charge on any atom is -0.465 e. The van der Waals surface area contributed by atoms with Crippen LogP contribution in [0, 0.1) is 38.4 Å². The summed E-state index contributed by atoms with van der Waals surface area (Å²) in [4.78, 5) is 77.6. The Labute approximate surface area is 391 Å². The number of unbranched alkanes of at least 4 members (excludes halogenated alkanes) is 1. The van der Waals surface area contributed by atoms with Gasteiger partial charge in [-0.2, -0.15) is 0 Å². The van der Waals surface area contributed by atoms with E-state index in [2.05, 4.69) is 71.0 Å². The molecular formula is C50H88N4O11. The number of nitrogens with zero attached hydrogens (tertiary/aromatic N) is 1. The Hall–Kier alpha value is -4.04. The molecule has 4 amide bonds. The van der Waals surface area contributed by atoms with Crippen LogP contribution in [0.15, 0.2) is 12.2 Å². The lowest BCUT2D eigenvalue weighted by molar-refractivity contribution is -0.149. The molecule has 2 aliphatic carbocycles. The van der Waals surface area contributed by atoms with Gasteiger partial charge in [-0.05, 0) is 107 Å². The van der Waals surface area contributed by atoms with Crippen LogP contribution in [-0.4, -0.2) is 105 Å². The lowest BCUT2D eigenvalue weighted by Gasteiger charge is -2.47. The van der Waals surface area contributed by atoms with Crippen LogP contribution < -0.4 is 16.0 Å². The summed E-state index contributed by atoms with van der Waals surface area (Å²) in [5.41, 5.74) is -1.64. The molecule has 2 saturated carbocycles. The van der Waals surface area contributed by atoms with Gasteiger partial charge in [0.1, 0.15) is 19.8 Å². The number of hydrogen-bond donors (Lipinski definition) is 3. The number of hydrogen-bond acceptors (Lipinski definition) is 11. The molecule has 4 unspecified atom stereocenters. The Bertz CT molecular complexity index is 1650. The molecule has 0 aromatic heterocycles. The van der Waals surface area contributed by atoms with E-state index in [4.69, 9.17) is 23.7 Å². The van der Waals surface area contributed by atoms with Crippen molar-refractivity contribution in [1.29, 1.82) is 0 Å². The molecule has 65 heavy (non-hydrogen) atoms. The highest BCUT2D eigenvalue weighted by atomic mass is 16.6. The lowest BCUT2D eigenvalue weighted by Crippen LogP contribution is -2.57. The molecule has 4 atom stereocenters. The summed E-state index contributed by atoms with van der Waals surface area (Å²) in [6, 6.07) is -0.398. The van der Waals surface area contributed by atoms with Crippen molar-refractivity contribution in [2.45, 2.75) is 180 Å². The highest BCUT2D eigenvalue weighted by Crippen LogP contribution is 2.48. The van der Waals surface area contributed by atoms with E-state index in [0.717, 1.165) is 25.7 Å². The first-order chi connectivity index (χ1) is 29.6. The van der Waals surface area contributed by atoms with E-state index in [-0.39, 0.29) is 92.1 Å². The van der Waals surface area contributed by atoms with Gasteiger partial charge in [-0.15, -0.1) is 0 Å². The number of carbonyl (C=O) groups excluding carboxylic acids is 6. The molecule has 15 heteroatoms. The number of rotatable bonds is 22. The average molecular weight is 921 g/mol. The minimum absolute atomic E-state index is 0.0166. The SMILES string of the molecule is C=C(C)C(=O)OCCN(C(=O)NC1CC(C)(C)CC(C)(CNC(=O)OCC(C)(C)COC(=O)CCCCC(=O)OCC(C)(C)COC(=O)NCC2(C)CC(C)CC(C)(C)C2)C1)C(C)(C)C. The third-order valence-electron chi connectivity index (χ3n) is 12.1. The molecule has 2 rings (SSSR count). The Balaban J connectivity index is 1.69. The van der Waals surface area contributed by atoms with Crippen molar-refractivity contribution in [3.8, 4) is 0 Å². The van der Waals surface area contributed by atoms with Crippen molar-refractivity contribution < 1.29 is 52.5 Å². The number of ether oxygens (including phenoxy) is 5. The first-order valence-corrected chi connectivity index (χ1v) is 23.7. The minimum atomic E-state index is -0.647. The monoisotopic (exact) mass is 921 g/mol. The summed E-state index contributed by atoms with van der Waals surface area (Å²) in [5, 5.41) is 9.08. The van der Waals surface area contributed by atoms with Crippen molar-refractivity contribution in [1.82, 2.24) is 20.9 Å². The average Bonchev–Trinajstić information content (AvgIpc) is 3.14. The zero-order valence-corrected chi connectivity index (χ0v) is 43.0. The fourth-order valence-electron chi connectivity index (χ4n) is 10.0. The zero-order chi connectivity index (χ0) is 49.7. The second-order valence-corrected chi connectivity index (χ2v) is 24.3. The molecule has 0 heterocycles. The predicted molar refractivity (Wildman–Crippen MR) is 252 cm³/mol. The fraction of sp³-hybridized carbons (Fsp3) is 0.840. The molecule has 0 aromatic carbocycles. The molecule has 374 valence electrons. The van der Waals surface area contributed by atoms with E-state index >= 15 is 0 Å². The van der Waals surface area contributed by atoms with Gasteiger partial charge < -0.3 is 44.5 Å². The number of alkyl carbamates (subject to hydrolysis) is 2. The summed E-state index contributed by atoms with van der Waals surface area (Å²) in [6.07, 6.45) is 5.61. The standard InChI is InChI=1S/C50H88N4O11/c1-35(2)40(57)61-22-21-54(44(4,5)6)41(58)53-37-25-46(9,10)28-50(16,26-37)30-52-43(60)65-34-48(13,14)32-63-39(56)20-18-17-19-38(55)62-31-47(11,12)33-64-42(59)51-29-49(15)24-36(3)23-45(7,8)27-49/h36-37H,1,17-34H2,2-16H3,(H,51,59)(H,52,60)(H,53,58). The van der Waals surface area contributed by atoms with Crippen LogP contribution in [0.5, 0.6) is 0 Å². The first kappa shape index (κ1) is 57.1. The van der Waals surface area contributed by atoms with Gasteiger partial charge in [0.05, 0.1) is 19.8 Å². The predicted octanol–water partition coefficient (Wildman–Crippen LogP) is 9.50. The van der Waals surface area contributed by atoms with Crippen LogP contribution in [0.25, 0.3) is 0 Å². The third kappa shape index (κ3) is 22.3. The zero-order valence-electron chi connectivity index (χ0n) is 43.0. The second-order valence-electron chi connectivity index (χ2n) is 24.3. The molecule has 0 aliphatic heterocycles. The Morgan fingerprint density at radius 2 is 1.06 bits per heavy atom. The quantitative estimate of drug-likeness (QED) is 0.0406. The lowest BCUT2D eigenvalue weighted by atomic mass is 9.61. The van der Waals surface area contributed by atoms with E-state index < -0.39 is 40.5 Å². The molecule has 0 aromatic rings. The first-order valence-electron chi connectivity index (χ1n) is 23.7. The maximum Gasteiger partial charge on any atom is 0.407 e. The Morgan fingerprint density at radius 1 is 0.631 bits per heavy atom. The van der Waals surface area contributed by atoms with Crippen molar-refractivity contribution in [3.05, 3.63) is 12.2 Å². The summed E-state index contributed by atoms with van der Waals surface area (Å²) in [7, 11) is 0. The summed E-state index contributed by atoms with van der Waals surface area (Å²) in [6.45, 7) is 35.3. The number of amides is 4. The second kappa shape index (κ2) is 23.6. The number of carbonyl (C=O) groups is 6. The molecule has 0 radical (unpaired) electrons. The van der Waals surface area contributed by atoms with Gasteiger partial charge in [-0.1, -0.05) is 82.7 Å². The van der Waals surface area contributed by atoms with Crippen LogP contribution in [0.3, 0.4) is 0 Å². The Kier molecular flexibility index (Phi) is 20.7. The number of nitrogens with one attached hydrogen (secondary N) is 3. The largest absolute Gasteiger partial charge is 0.465 e. The fourth-order valence-corrected chi connectivity index (χ4v) is 10.0. The number of urea groups is 1. The number of esters is 3. The maximum absolute atomic E-state index is 13.6. The molecule has 3 N–H and O–H groups in total. The third-order valence-corrected chi connectivity index (χ3v) is 12.1. The summed E-state index contributed by atoms with van der Waals surface area (Å²) >= 11 is 0. The molecule has 0 spiro atoms. The highest BCUT2D eigenvalue weighted by molar-refractivity contribution is 5.87. The molecular weight excluding hydrogens is 833 g/mol. The van der Waals surface area contributed by atoms with Gasteiger partial charge in [-0.3, -0.25) is 9.59 Å². The molecule has 2 aliphatic rings. The summed E-state index contributed by atoms with van der Waals surface area (Å²) < 4.78 is 27.3. The van der Waals surface area contributed by atoms with Crippen molar-refractivity contribution >= 4 is 36.1 Å². The van der Waals surface area contributed by atoms with E-state index in [1.165, 1.54) is 6.42 Å². The van der Waals surface area contributed by atoms with Gasteiger partial charge in [0, 0.05) is 53.9 Å². The molecule has 15 nitrogen and oxygen atoms in total. The van der Waals surface area contributed by atoms with E-state index in [1.807, 2.05) is 48.5 Å². The molecule has 2 fully saturated rings. The van der Waals surface area contributed by atoms with Crippen LogP contribution in [-0.2, 0) is 38.1 Å². The van der Waals surface area contributed by atoms with Gasteiger partial charge in [0.25, 0.3) is 0 Å². The van der Waals surface area contributed by atoms with Crippen molar-refractivity contribution in [3.63, 3.8) is 0 Å². The van der Waals surface area contributed by atoms with Gasteiger partial charge in [-0.25, -0.2) is 19.2 Å². The van der Waals surface area contributed by atoms with Crippen LogP contribution in [0.1, 0.15) is 168 Å². The van der Waals surface area contributed by atoms with Crippen LogP contribution >= 0.6 is 0 Å². The van der Waals surface area contributed by atoms with Crippen molar-refractivity contribution in [2.75, 3.05) is 52.7 Å². The molecule has 0 bridgehead atoms. The normalized spacial score (nSPS) is 22.9. The van der Waals surface area contributed by atoms with Gasteiger partial charge in [0.15, 0.2) is 0 Å². The topological polar surface area (TPSA) is 188 Å². The smallest absolute Gasteiger partial charge is 0.407 e. The van der Waals surface area contributed by atoms with Crippen LogP contribution in [0.2, 0.25) is 0 Å². The van der Waals surface area contributed by atoms with E-state index in [1.54, 1.807) is 11.8 Å². The summed E-state index contributed by atoms with van der Waals surface area (Å²) in [5.74, 6) is -0.692.